The number of thiophene rings is 1. The second-order valence-corrected chi connectivity index (χ2v) is 11.3. The van der Waals surface area contributed by atoms with Crippen LogP contribution in [0.5, 0.6) is 0 Å². The van der Waals surface area contributed by atoms with Gasteiger partial charge < -0.3 is 5.73 Å². The molecule has 0 saturated heterocycles. The van der Waals surface area contributed by atoms with Crippen LogP contribution in [0.2, 0.25) is 0 Å². The third-order valence-corrected chi connectivity index (χ3v) is 8.68. The van der Waals surface area contributed by atoms with Gasteiger partial charge in [-0.05, 0) is 81.0 Å². The maximum Gasteiger partial charge on any atom is 0.104 e. The summed E-state index contributed by atoms with van der Waals surface area (Å²) in [6, 6.07) is 21.0. The molecule has 0 bridgehead atoms. The molecule has 0 spiro atoms. The van der Waals surface area contributed by atoms with Crippen molar-refractivity contribution in [3.05, 3.63) is 99.3 Å². The molecule has 1 fully saturated rings. The van der Waals surface area contributed by atoms with Crippen LogP contribution in [0, 0.1) is 29.6 Å². The van der Waals surface area contributed by atoms with E-state index in [1.165, 1.54) is 0 Å². The van der Waals surface area contributed by atoms with Gasteiger partial charge in [0.2, 0.25) is 0 Å². The van der Waals surface area contributed by atoms with Crippen LogP contribution in [-0.2, 0) is 11.0 Å². The molecule has 0 unspecified atom stereocenters. The maximum absolute atomic E-state index is 9.63. The van der Waals surface area contributed by atoms with Gasteiger partial charge in [0.25, 0.3) is 0 Å². The largest absolute Gasteiger partial charge is 0.388 e. The number of aryl methyl sites for hydroxylation is 1. The van der Waals surface area contributed by atoms with Gasteiger partial charge in [0.1, 0.15) is 5.54 Å². The average Bonchev–Trinajstić information content (AvgIpc) is 3.60. The predicted molar refractivity (Wildman–Crippen MR) is 166 cm³/mol. The first-order valence-electron chi connectivity index (χ1n) is 13.4. The molecule has 2 N–H and O–H groups in total. The molecule has 4 rings (SSSR count). The zero-order valence-electron chi connectivity index (χ0n) is 23.9. The summed E-state index contributed by atoms with van der Waals surface area (Å²) in [7, 11) is 0. The van der Waals surface area contributed by atoms with Crippen LogP contribution < -0.4 is 5.73 Å². The predicted octanol–water partition coefficient (Wildman–Crippen LogP) is 8.77. The highest BCUT2D eigenvalue weighted by atomic mass is 32.1. The molecule has 5 heteroatoms. The van der Waals surface area contributed by atoms with Crippen molar-refractivity contribution in [2.75, 3.05) is 0 Å². The molecule has 200 valence electrons. The van der Waals surface area contributed by atoms with Crippen molar-refractivity contribution in [3.63, 3.8) is 0 Å². The van der Waals surface area contributed by atoms with Crippen molar-refractivity contribution in [2.45, 2.75) is 71.3 Å². The van der Waals surface area contributed by atoms with Gasteiger partial charge in [-0.25, -0.2) is 0 Å². The standard InChI is InChI=1S/C32H32N4S.C2H6/c1-7-28-27(26-16-23(18-33)9-8-21(26)4)17-29(37-28)31(6,36-22(5)35)30(20(2)3)24-10-12-25(13-11-24)32(19-34)14-15-32;1-2/h7-13,16-17,30H,1-2,14-15H2,3-6H3,(H2,35,36);1-2H3/t30-,31-;/m1./s1. The first-order valence-corrected chi connectivity index (χ1v) is 14.2. The highest BCUT2D eigenvalue weighted by molar-refractivity contribution is 7.13. The van der Waals surface area contributed by atoms with E-state index < -0.39 is 5.54 Å². The van der Waals surface area contributed by atoms with Crippen molar-refractivity contribution >= 4 is 23.2 Å². The molecule has 4 nitrogen and oxygen atoms in total. The highest BCUT2D eigenvalue weighted by Crippen LogP contribution is 2.51. The van der Waals surface area contributed by atoms with Gasteiger partial charge in [0.05, 0.1) is 29.0 Å². The second kappa shape index (κ2) is 11.9. The summed E-state index contributed by atoms with van der Waals surface area (Å²) in [5, 5.41) is 19.1. The van der Waals surface area contributed by atoms with Crippen LogP contribution in [0.25, 0.3) is 17.2 Å². The summed E-state index contributed by atoms with van der Waals surface area (Å²) in [6.07, 6.45) is 3.69. The molecule has 1 aliphatic carbocycles. The lowest BCUT2D eigenvalue weighted by Gasteiger charge is -2.35. The van der Waals surface area contributed by atoms with Gasteiger partial charge in [-0.1, -0.05) is 69.0 Å². The lowest BCUT2D eigenvalue weighted by molar-refractivity contribution is 0.439. The topological polar surface area (TPSA) is 86.0 Å². The fraction of sp³-hybridized carbons (Fsp3) is 0.324. The summed E-state index contributed by atoms with van der Waals surface area (Å²) in [4.78, 5) is 7.08. The van der Waals surface area contributed by atoms with E-state index in [1.54, 1.807) is 11.3 Å². The van der Waals surface area contributed by atoms with E-state index in [9.17, 15) is 10.5 Å². The normalized spacial score (nSPS) is 15.9. The Labute approximate surface area is 237 Å². The Bertz CT molecular complexity index is 1490. The number of nitrogens with zero attached hydrogens (tertiary/aromatic N) is 3. The molecule has 1 heterocycles. The minimum atomic E-state index is -0.722. The van der Waals surface area contributed by atoms with E-state index >= 15 is 0 Å². The van der Waals surface area contributed by atoms with Crippen LogP contribution in [0.4, 0.5) is 0 Å². The molecule has 2 aromatic carbocycles. The van der Waals surface area contributed by atoms with Crippen molar-refractivity contribution in [2.24, 2.45) is 10.7 Å². The lowest BCUT2D eigenvalue weighted by atomic mass is 9.75. The third kappa shape index (κ3) is 5.75. The molecule has 0 amide bonds. The van der Waals surface area contributed by atoms with Gasteiger partial charge >= 0.3 is 0 Å². The highest BCUT2D eigenvalue weighted by Gasteiger charge is 2.45. The Morgan fingerprint density at radius 3 is 2.23 bits per heavy atom. The van der Waals surface area contributed by atoms with Crippen molar-refractivity contribution < 1.29 is 0 Å². The smallest absolute Gasteiger partial charge is 0.104 e. The Balaban J connectivity index is 0.00000205. The number of aliphatic imine (C=N–C) groups is 1. The number of hydrogen-bond acceptors (Lipinski definition) is 4. The summed E-state index contributed by atoms with van der Waals surface area (Å²) in [5.74, 6) is 0.345. The molecular weight excluding hydrogens is 496 g/mol. The Kier molecular flexibility index (Phi) is 9.00. The first kappa shape index (κ1) is 29.6. The van der Waals surface area contributed by atoms with Gasteiger partial charge in [-0.2, -0.15) is 10.5 Å². The molecule has 2 atom stereocenters. The minimum absolute atomic E-state index is 0.145. The minimum Gasteiger partial charge on any atom is -0.388 e. The van der Waals surface area contributed by atoms with Crippen molar-refractivity contribution in [3.8, 4) is 23.3 Å². The van der Waals surface area contributed by atoms with Gasteiger partial charge in [0, 0.05) is 21.2 Å². The SMILES string of the molecule is C=Cc1sc([C@@](C)(N=C(C)N)[C@H](C(=C)C)c2ccc(C3(C#N)CC3)cc2)cc1-c1cc(C#N)ccc1C.CC. The lowest BCUT2D eigenvalue weighted by Crippen LogP contribution is -2.31. The molecule has 0 radical (unpaired) electrons. The van der Waals surface area contributed by atoms with Gasteiger partial charge in [0.15, 0.2) is 0 Å². The number of nitrogens with two attached hydrogens (primary N) is 1. The Morgan fingerprint density at radius 1 is 1.10 bits per heavy atom. The van der Waals surface area contributed by atoms with Crippen molar-refractivity contribution in [1.82, 2.24) is 0 Å². The molecule has 1 aromatic heterocycles. The number of hydrogen-bond donors (Lipinski definition) is 1. The van der Waals surface area contributed by atoms with E-state index in [0.29, 0.717) is 11.4 Å². The summed E-state index contributed by atoms with van der Waals surface area (Å²) < 4.78 is 0. The zero-order chi connectivity index (χ0) is 29.0. The van der Waals surface area contributed by atoms with Gasteiger partial charge in [-0.3, -0.25) is 4.99 Å². The van der Waals surface area contributed by atoms with Crippen LogP contribution in [0.15, 0.2) is 72.3 Å². The Morgan fingerprint density at radius 2 is 1.74 bits per heavy atom. The molecule has 1 saturated carbocycles. The van der Waals surface area contributed by atoms with E-state index in [2.05, 4.69) is 62.6 Å². The average molecular weight is 535 g/mol. The molecule has 1 aliphatic rings. The quantitative estimate of drug-likeness (QED) is 0.178. The summed E-state index contributed by atoms with van der Waals surface area (Å²) in [5.41, 5.74) is 12.0. The van der Waals surface area contributed by atoms with E-state index in [1.807, 2.05) is 58.9 Å². The Hall–Kier alpha value is -3.93. The fourth-order valence-electron chi connectivity index (χ4n) is 5.30. The molecular formula is C34H38N4S. The number of benzene rings is 2. The number of amidine groups is 1. The van der Waals surface area contributed by atoms with Gasteiger partial charge in [-0.15, -0.1) is 11.3 Å². The monoisotopic (exact) mass is 534 g/mol. The molecule has 0 aliphatic heterocycles. The van der Waals surface area contributed by atoms with E-state index in [4.69, 9.17) is 10.7 Å². The summed E-state index contributed by atoms with van der Waals surface area (Å²) >= 11 is 1.64. The number of rotatable bonds is 8. The van der Waals surface area contributed by atoms with Crippen molar-refractivity contribution in [1.29, 1.82) is 10.5 Å². The molecule has 3 aromatic rings. The van der Waals surface area contributed by atoms with Crippen LogP contribution in [0.1, 0.15) is 85.4 Å². The molecule has 39 heavy (non-hydrogen) atoms. The van der Waals surface area contributed by atoms with E-state index in [-0.39, 0.29) is 11.3 Å². The van der Waals surface area contributed by atoms with Crippen LogP contribution in [-0.4, -0.2) is 5.84 Å². The first-order chi connectivity index (χ1) is 18.6. The van der Waals surface area contributed by atoms with E-state index in [0.717, 1.165) is 56.0 Å². The maximum atomic E-state index is 9.63. The summed E-state index contributed by atoms with van der Waals surface area (Å²) in [6.45, 7) is 20.4. The van der Waals surface area contributed by atoms with Crippen LogP contribution in [0.3, 0.4) is 0 Å². The van der Waals surface area contributed by atoms with Crippen LogP contribution >= 0.6 is 11.3 Å². The number of nitriles is 2. The third-order valence-electron chi connectivity index (χ3n) is 7.33. The fourth-order valence-corrected chi connectivity index (χ4v) is 6.45. The second-order valence-electron chi connectivity index (χ2n) is 10.2. The zero-order valence-corrected chi connectivity index (χ0v) is 24.7.